The van der Waals surface area contributed by atoms with Gasteiger partial charge in [0.25, 0.3) is 0 Å². The third-order valence-corrected chi connectivity index (χ3v) is 4.31. The summed E-state index contributed by atoms with van der Waals surface area (Å²) >= 11 is 1.56. The fraction of sp³-hybridized carbons (Fsp3) is 0.167. The molecule has 0 aliphatic heterocycles. The third-order valence-electron chi connectivity index (χ3n) is 3.12. The van der Waals surface area contributed by atoms with Crippen molar-refractivity contribution in [3.63, 3.8) is 0 Å². The topological polar surface area (TPSA) is 27.0 Å². The summed E-state index contributed by atoms with van der Waals surface area (Å²) in [6.07, 6.45) is 4.08. The van der Waals surface area contributed by atoms with Crippen molar-refractivity contribution >= 4 is 23.5 Å². The van der Waals surface area contributed by atoms with Gasteiger partial charge in [0.1, 0.15) is 0 Å². The van der Waals surface area contributed by atoms with Crippen LogP contribution in [0, 0.1) is 11.3 Å². The van der Waals surface area contributed by atoms with Crippen LogP contribution in [-0.2, 0) is 0 Å². The van der Waals surface area contributed by atoms with Crippen LogP contribution >= 0.6 is 11.8 Å². The molecule has 0 bridgehead atoms. The lowest BCUT2D eigenvalue weighted by Crippen LogP contribution is -2.27. The molecular formula is C18H18N2S. The summed E-state index contributed by atoms with van der Waals surface area (Å²) < 4.78 is 0. The Bertz CT molecular complexity index is 644. The molecule has 0 fully saturated rings. The summed E-state index contributed by atoms with van der Waals surface area (Å²) in [6.45, 7) is 2.00. The lowest BCUT2D eigenvalue weighted by atomic mass is 10.1. The van der Waals surface area contributed by atoms with Crippen LogP contribution in [0.5, 0.6) is 0 Å². The molecule has 0 aliphatic rings. The van der Waals surface area contributed by atoms with Crippen molar-refractivity contribution in [3.05, 3.63) is 66.2 Å². The number of nitriles is 1. The summed E-state index contributed by atoms with van der Waals surface area (Å²) in [5, 5.41) is 9.24. The van der Waals surface area contributed by atoms with Gasteiger partial charge in [0.05, 0.1) is 6.07 Å². The number of nitrogens with zero attached hydrogens (tertiary/aromatic N) is 2. The van der Waals surface area contributed by atoms with Crippen LogP contribution in [0.25, 0.3) is 6.08 Å². The highest BCUT2D eigenvalue weighted by atomic mass is 32.2. The average Bonchev–Trinajstić information content (AvgIpc) is 2.54. The zero-order valence-corrected chi connectivity index (χ0v) is 13.0. The molecule has 106 valence electrons. The minimum Gasteiger partial charge on any atom is -0.350 e. The predicted molar refractivity (Wildman–Crippen MR) is 91.3 cm³/mol. The van der Waals surface area contributed by atoms with Gasteiger partial charge in [-0.3, -0.25) is 0 Å². The maximum absolute atomic E-state index is 9.51. The molecule has 21 heavy (non-hydrogen) atoms. The smallest absolute Gasteiger partial charge is 0.168 e. The zero-order valence-electron chi connectivity index (χ0n) is 12.2. The molecule has 1 atom stereocenters. The molecule has 0 radical (unpaired) electrons. The van der Waals surface area contributed by atoms with Crippen molar-refractivity contribution in [2.24, 2.45) is 0 Å². The number of hydrogen-bond acceptors (Lipinski definition) is 3. The van der Waals surface area contributed by atoms with E-state index in [-0.39, 0.29) is 5.37 Å². The first-order chi connectivity index (χ1) is 10.3. The van der Waals surface area contributed by atoms with Crippen molar-refractivity contribution < 1.29 is 0 Å². The van der Waals surface area contributed by atoms with Crippen LogP contribution in [0.15, 0.2) is 65.6 Å². The van der Waals surface area contributed by atoms with Gasteiger partial charge < -0.3 is 4.90 Å². The minimum absolute atomic E-state index is 0.265. The highest BCUT2D eigenvalue weighted by Crippen LogP contribution is 2.30. The van der Waals surface area contributed by atoms with Gasteiger partial charge in [-0.1, -0.05) is 60.3 Å². The van der Waals surface area contributed by atoms with Crippen LogP contribution in [0.2, 0.25) is 0 Å². The van der Waals surface area contributed by atoms with E-state index in [2.05, 4.69) is 18.2 Å². The van der Waals surface area contributed by atoms with E-state index < -0.39 is 0 Å². The van der Waals surface area contributed by atoms with Crippen molar-refractivity contribution in [2.45, 2.75) is 17.2 Å². The molecule has 0 saturated heterocycles. The Balaban J connectivity index is 2.25. The first-order valence-corrected chi connectivity index (χ1v) is 7.70. The quantitative estimate of drug-likeness (QED) is 0.585. The molecule has 0 aromatic heterocycles. The van der Waals surface area contributed by atoms with Crippen molar-refractivity contribution in [3.8, 4) is 6.07 Å². The van der Waals surface area contributed by atoms with Gasteiger partial charge in [-0.05, 0) is 30.7 Å². The molecule has 2 rings (SSSR count). The molecular weight excluding hydrogens is 276 g/mol. The first kappa shape index (κ1) is 15.2. The number of anilines is 1. The standard InChI is InChI=1S/C18H18N2S/c1-3-9-15-10-7-8-13-17(15)20(2)18(14-19)21-16-11-5-4-6-12-16/h3-13,18H,1-2H3/b9-3+. The highest BCUT2D eigenvalue weighted by molar-refractivity contribution is 8.00. The first-order valence-electron chi connectivity index (χ1n) is 6.82. The van der Waals surface area contributed by atoms with Gasteiger partial charge >= 0.3 is 0 Å². The third kappa shape index (κ3) is 3.90. The summed E-state index contributed by atoms with van der Waals surface area (Å²) in [4.78, 5) is 3.12. The molecule has 0 heterocycles. The van der Waals surface area contributed by atoms with Crippen LogP contribution in [-0.4, -0.2) is 12.4 Å². The zero-order chi connectivity index (χ0) is 15.1. The molecule has 1 unspecified atom stereocenters. The fourth-order valence-corrected chi connectivity index (χ4v) is 2.97. The monoisotopic (exact) mass is 294 g/mol. The van der Waals surface area contributed by atoms with E-state index in [9.17, 15) is 5.26 Å². The minimum atomic E-state index is -0.265. The van der Waals surface area contributed by atoms with Crippen molar-refractivity contribution in [2.75, 3.05) is 11.9 Å². The SMILES string of the molecule is C/C=C/c1ccccc1N(C)C(C#N)Sc1ccccc1. The summed E-state index contributed by atoms with van der Waals surface area (Å²) in [6, 6.07) is 20.5. The van der Waals surface area contributed by atoms with Gasteiger partial charge in [0.2, 0.25) is 0 Å². The molecule has 0 amide bonds. The Labute approximate surface area is 130 Å². The van der Waals surface area contributed by atoms with E-state index in [1.54, 1.807) is 11.8 Å². The number of allylic oxidation sites excluding steroid dienone is 1. The number of thioether (sulfide) groups is 1. The lowest BCUT2D eigenvalue weighted by molar-refractivity contribution is 0.981. The second-order valence-electron chi connectivity index (χ2n) is 4.58. The van der Waals surface area contributed by atoms with Crippen LogP contribution in [0.3, 0.4) is 0 Å². The average molecular weight is 294 g/mol. The molecule has 0 N–H and O–H groups in total. The Morgan fingerprint density at radius 1 is 1.10 bits per heavy atom. The summed E-state index contributed by atoms with van der Waals surface area (Å²) in [5.74, 6) is 0. The van der Waals surface area contributed by atoms with Crippen LogP contribution in [0.1, 0.15) is 12.5 Å². The van der Waals surface area contributed by atoms with Crippen LogP contribution < -0.4 is 4.90 Å². The van der Waals surface area contributed by atoms with Gasteiger partial charge in [0.15, 0.2) is 5.37 Å². The maximum atomic E-state index is 9.51. The second-order valence-corrected chi connectivity index (χ2v) is 5.74. The van der Waals surface area contributed by atoms with E-state index in [0.29, 0.717) is 0 Å². The second kappa shape index (κ2) is 7.56. The Morgan fingerprint density at radius 3 is 2.43 bits per heavy atom. The molecule has 0 saturated carbocycles. The Morgan fingerprint density at radius 2 is 1.76 bits per heavy atom. The lowest BCUT2D eigenvalue weighted by Gasteiger charge is -2.26. The van der Waals surface area contributed by atoms with E-state index in [4.69, 9.17) is 0 Å². The number of hydrogen-bond donors (Lipinski definition) is 0. The van der Waals surface area contributed by atoms with Crippen molar-refractivity contribution in [1.82, 2.24) is 0 Å². The van der Waals surface area contributed by atoms with Gasteiger partial charge in [-0.15, -0.1) is 0 Å². The van der Waals surface area contributed by atoms with Gasteiger partial charge in [-0.2, -0.15) is 5.26 Å². The fourth-order valence-electron chi connectivity index (χ4n) is 2.08. The molecule has 0 spiro atoms. The number of benzene rings is 2. The van der Waals surface area contributed by atoms with Gasteiger partial charge in [-0.25, -0.2) is 0 Å². The highest BCUT2D eigenvalue weighted by Gasteiger charge is 2.17. The van der Waals surface area contributed by atoms with E-state index in [1.165, 1.54) is 0 Å². The van der Waals surface area contributed by atoms with E-state index >= 15 is 0 Å². The molecule has 0 aliphatic carbocycles. The number of para-hydroxylation sites is 1. The van der Waals surface area contributed by atoms with E-state index in [1.807, 2.05) is 73.5 Å². The molecule has 2 aromatic carbocycles. The Hall–Kier alpha value is -2.18. The molecule has 3 heteroatoms. The van der Waals surface area contributed by atoms with E-state index in [0.717, 1.165) is 16.1 Å². The Kier molecular flexibility index (Phi) is 5.48. The largest absolute Gasteiger partial charge is 0.350 e. The summed E-state index contributed by atoms with van der Waals surface area (Å²) in [7, 11) is 1.96. The molecule has 2 aromatic rings. The molecule has 2 nitrogen and oxygen atoms in total. The maximum Gasteiger partial charge on any atom is 0.168 e. The van der Waals surface area contributed by atoms with Crippen LogP contribution in [0.4, 0.5) is 5.69 Å². The predicted octanol–water partition coefficient (Wildman–Crippen LogP) is 4.80. The summed E-state index contributed by atoms with van der Waals surface area (Å²) in [5.41, 5.74) is 2.18. The number of rotatable bonds is 5. The van der Waals surface area contributed by atoms with Crippen molar-refractivity contribution in [1.29, 1.82) is 5.26 Å². The normalized spacial score (nSPS) is 12.0. The van der Waals surface area contributed by atoms with Gasteiger partial charge in [0, 0.05) is 17.6 Å².